The zero-order valence-electron chi connectivity index (χ0n) is 16.0. The Morgan fingerprint density at radius 3 is 2.56 bits per heavy atom. The number of esters is 1. The topological polar surface area (TPSA) is 67.9 Å². The van der Waals surface area contributed by atoms with Gasteiger partial charge in [-0.25, -0.2) is 4.79 Å². The van der Waals surface area contributed by atoms with Crippen molar-refractivity contribution in [1.82, 2.24) is 4.90 Å². The van der Waals surface area contributed by atoms with Crippen molar-refractivity contribution in [1.29, 1.82) is 0 Å². The largest absolute Gasteiger partial charge is 0.491 e. The fourth-order valence-electron chi connectivity index (χ4n) is 3.07. The number of anilines is 1. The molecule has 1 N–H and O–H groups in total. The second-order valence-electron chi connectivity index (χ2n) is 6.83. The van der Waals surface area contributed by atoms with Crippen molar-refractivity contribution >= 4 is 28.2 Å². The normalized spacial score (nSPS) is 14.0. The van der Waals surface area contributed by atoms with Crippen LogP contribution >= 0.6 is 11.3 Å². The van der Waals surface area contributed by atoms with Crippen molar-refractivity contribution in [3.8, 4) is 5.75 Å². The third-order valence-corrected chi connectivity index (χ3v) is 5.48. The zero-order valence-corrected chi connectivity index (χ0v) is 16.8. The van der Waals surface area contributed by atoms with E-state index < -0.39 is 5.97 Å². The van der Waals surface area contributed by atoms with Gasteiger partial charge in [-0.1, -0.05) is 0 Å². The second-order valence-corrected chi connectivity index (χ2v) is 7.94. The molecule has 1 aliphatic heterocycles. The Kier molecular flexibility index (Phi) is 5.82. The van der Waals surface area contributed by atoms with Gasteiger partial charge in [-0.3, -0.25) is 4.79 Å². The fourth-order valence-corrected chi connectivity index (χ4v) is 4.38. The lowest BCUT2D eigenvalue weighted by Gasteiger charge is -2.22. The summed E-state index contributed by atoms with van der Waals surface area (Å²) in [5.74, 6) is 0.0441. The van der Waals surface area contributed by atoms with Crippen LogP contribution in [0.1, 0.15) is 45.0 Å². The number of hydrogen-bond acceptors (Lipinski definition) is 6. The molecule has 1 aliphatic rings. The first kappa shape index (κ1) is 19.4. The first-order valence-electron chi connectivity index (χ1n) is 8.88. The Hall–Kier alpha value is -2.38. The van der Waals surface area contributed by atoms with Gasteiger partial charge < -0.3 is 19.7 Å². The molecule has 6 nitrogen and oxygen atoms in total. The SMILES string of the molecule is COC(=O)c1c(NC(=O)c2ccc(OC(C)C)cc2)sc2c1CCN(C)C2. The minimum atomic E-state index is -0.409. The van der Waals surface area contributed by atoms with E-state index in [1.807, 2.05) is 20.9 Å². The second kappa shape index (κ2) is 8.10. The van der Waals surface area contributed by atoms with Crippen LogP contribution < -0.4 is 10.1 Å². The molecule has 0 fully saturated rings. The minimum absolute atomic E-state index is 0.0721. The molecule has 2 aromatic rings. The van der Waals surface area contributed by atoms with Crippen LogP contribution in [0.4, 0.5) is 5.00 Å². The van der Waals surface area contributed by atoms with Gasteiger partial charge in [0.1, 0.15) is 10.8 Å². The number of benzene rings is 1. The van der Waals surface area contributed by atoms with E-state index in [0.29, 0.717) is 21.9 Å². The van der Waals surface area contributed by atoms with Gasteiger partial charge in [0, 0.05) is 23.5 Å². The average molecular weight is 388 g/mol. The molecule has 0 atom stereocenters. The molecule has 0 saturated carbocycles. The lowest BCUT2D eigenvalue weighted by atomic mass is 10.0. The van der Waals surface area contributed by atoms with Gasteiger partial charge in [0.2, 0.25) is 0 Å². The highest BCUT2D eigenvalue weighted by molar-refractivity contribution is 7.17. The molecule has 1 aromatic heterocycles. The molecule has 0 radical (unpaired) electrons. The molecule has 2 heterocycles. The fraction of sp³-hybridized carbons (Fsp3) is 0.400. The number of carbonyl (C=O) groups is 2. The van der Waals surface area contributed by atoms with Gasteiger partial charge in [-0.15, -0.1) is 11.3 Å². The predicted molar refractivity (Wildman–Crippen MR) is 106 cm³/mol. The van der Waals surface area contributed by atoms with E-state index in [2.05, 4.69) is 10.2 Å². The Balaban J connectivity index is 1.84. The molecule has 144 valence electrons. The monoisotopic (exact) mass is 388 g/mol. The molecular weight excluding hydrogens is 364 g/mol. The molecule has 0 spiro atoms. The number of nitrogens with zero attached hydrogens (tertiary/aromatic N) is 1. The van der Waals surface area contributed by atoms with Crippen molar-refractivity contribution in [2.75, 3.05) is 26.0 Å². The van der Waals surface area contributed by atoms with E-state index >= 15 is 0 Å². The summed E-state index contributed by atoms with van der Waals surface area (Å²) in [6.07, 6.45) is 0.840. The first-order valence-corrected chi connectivity index (χ1v) is 9.70. The highest BCUT2D eigenvalue weighted by atomic mass is 32.1. The molecule has 0 bridgehead atoms. The van der Waals surface area contributed by atoms with E-state index in [0.717, 1.165) is 30.0 Å². The summed E-state index contributed by atoms with van der Waals surface area (Å²) in [5, 5.41) is 3.44. The maximum absolute atomic E-state index is 12.7. The van der Waals surface area contributed by atoms with Gasteiger partial charge in [0.05, 0.1) is 18.8 Å². The first-order chi connectivity index (χ1) is 12.9. The zero-order chi connectivity index (χ0) is 19.6. The molecule has 0 saturated heterocycles. The Labute approximate surface area is 163 Å². The molecule has 0 aliphatic carbocycles. The van der Waals surface area contributed by atoms with Crippen molar-refractivity contribution in [2.24, 2.45) is 0 Å². The quantitative estimate of drug-likeness (QED) is 0.793. The van der Waals surface area contributed by atoms with E-state index in [4.69, 9.17) is 9.47 Å². The average Bonchev–Trinajstić information content (AvgIpc) is 2.97. The van der Waals surface area contributed by atoms with Crippen molar-refractivity contribution in [2.45, 2.75) is 32.9 Å². The summed E-state index contributed by atoms with van der Waals surface area (Å²) < 4.78 is 10.6. The number of likely N-dealkylation sites (N-methyl/N-ethyl adjacent to an activating group) is 1. The van der Waals surface area contributed by atoms with Crippen molar-refractivity contribution in [3.05, 3.63) is 45.8 Å². The van der Waals surface area contributed by atoms with Crippen LogP contribution in [0.5, 0.6) is 5.75 Å². The number of hydrogen-bond donors (Lipinski definition) is 1. The van der Waals surface area contributed by atoms with Gasteiger partial charge in [0.15, 0.2) is 0 Å². The van der Waals surface area contributed by atoms with Gasteiger partial charge in [-0.05, 0) is 57.1 Å². The number of methoxy groups -OCH3 is 1. The van der Waals surface area contributed by atoms with Gasteiger partial charge >= 0.3 is 5.97 Å². The van der Waals surface area contributed by atoms with E-state index in [-0.39, 0.29) is 12.0 Å². The molecular formula is C20H24N2O4S. The summed E-state index contributed by atoms with van der Waals surface area (Å²) in [7, 11) is 3.40. The summed E-state index contributed by atoms with van der Waals surface area (Å²) in [6, 6.07) is 6.97. The lowest BCUT2D eigenvalue weighted by Crippen LogP contribution is -2.26. The maximum Gasteiger partial charge on any atom is 0.341 e. The molecule has 7 heteroatoms. The summed E-state index contributed by atoms with van der Waals surface area (Å²) in [5.41, 5.74) is 1.98. The third-order valence-electron chi connectivity index (χ3n) is 4.35. The highest BCUT2D eigenvalue weighted by Crippen LogP contribution is 2.37. The number of ether oxygens (including phenoxy) is 2. The summed E-state index contributed by atoms with van der Waals surface area (Å²) in [6.45, 7) is 5.54. The number of thiophene rings is 1. The smallest absolute Gasteiger partial charge is 0.341 e. The van der Waals surface area contributed by atoms with Crippen molar-refractivity contribution in [3.63, 3.8) is 0 Å². The summed E-state index contributed by atoms with van der Waals surface area (Å²) >= 11 is 1.44. The van der Waals surface area contributed by atoms with Crippen LogP contribution in [-0.2, 0) is 17.7 Å². The number of nitrogens with one attached hydrogen (secondary N) is 1. The lowest BCUT2D eigenvalue weighted by molar-refractivity contribution is 0.0600. The number of rotatable bonds is 5. The minimum Gasteiger partial charge on any atom is -0.491 e. The molecule has 27 heavy (non-hydrogen) atoms. The van der Waals surface area contributed by atoms with E-state index in [9.17, 15) is 9.59 Å². The van der Waals surface area contributed by atoms with Crippen LogP contribution in [-0.4, -0.2) is 43.6 Å². The predicted octanol–water partition coefficient (Wildman–Crippen LogP) is 3.56. The summed E-state index contributed by atoms with van der Waals surface area (Å²) in [4.78, 5) is 28.3. The molecule has 3 rings (SSSR count). The van der Waals surface area contributed by atoms with Crippen LogP contribution in [0.2, 0.25) is 0 Å². The molecule has 0 unspecified atom stereocenters. The van der Waals surface area contributed by atoms with Crippen LogP contribution in [0.15, 0.2) is 24.3 Å². The Morgan fingerprint density at radius 1 is 1.22 bits per heavy atom. The van der Waals surface area contributed by atoms with Gasteiger partial charge in [0.25, 0.3) is 5.91 Å². The number of carbonyl (C=O) groups excluding carboxylic acids is 2. The van der Waals surface area contributed by atoms with Crippen LogP contribution in [0.25, 0.3) is 0 Å². The van der Waals surface area contributed by atoms with Gasteiger partial charge in [-0.2, -0.15) is 0 Å². The van der Waals surface area contributed by atoms with Crippen LogP contribution in [0, 0.1) is 0 Å². The Bertz CT molecular complexity index is 842. The van der Waals surface area contributed by atoms with Crippen molar-refractivity contribution < 1.29 is 19.1 Å². The highest BCUT2D eigenvalue weighted by Gasteiger charge is 2.28. The maximum atomic E-state index is 12.7. The number of fused-ring (bicyclic) bond motifs is 1. The standard InChI is InChI=1S/C20H24N2O4S/c1-12(2)26-14-7-5-13(6-8-14)18(23)21-19-17(20(24)25-4)15-9-10-22(3)11-16(15)27-19/h5-8,12H,9-11H2,1-4H3,(H,21,23). The molecule has 1 aromatic carbocycles. The third kappa shape index (κ3) is 4.31. The van der Waals surface area contributed by atoms with Crippen LogP contribution in [0.3, 0.4) is 0 Å². The molecule has 1 amide bonds. The Morgan fingerprint density at radius 2 is 1.93 bits per heavy atom. The van der Waals surface area contributed by atoms with E-state index in [1.165, 1.54) is 18.4 Å². The van der Waals surface area contributed by atoms with E-state index in [1.54, 1.807) is 24.3 Å². The number of amides is 1.